The zero-order valence-electron chi connectivity index (χ0n) is 15.0. The monoisotopic (exact) mass is 367 g/mol. The van der Waals surface area contributed by atoms with Gasteiger partial charge in [-0.3, -0.25) is 14.3 Å². The number of hydrogen-bond acceptors (Lipinski definition) is 5. The number of hydrogen-bond donors (Lipinski definition) is 1. The van der Waals surface area contributed by atoms with Crippen molar-refractivity contribution in [1.82, 2.24) is 19.7 Å². The second-order valence-electron chi connectivity index (χ2n) is 6.26. The number of rotatable bonds is 6. The van der Waals surface area contributed by atoms with Crippen LogP contribution in [0.1, 0.15) is 32.3 Å². The number of carbonyl (C=O) groups excluding carboxylic acids is 1. The van der Waals surface area contributed by atoms with Gasteiger partial charge in [0.25, 0.3) is 0 Å². The third kappa shape index (κ3) is 3.62. The topological polar surface area (TPSA) is 86.7 Å². The second kappa shape index (κ2) is 7.70. The van der Waals surface area contributed by atoms with E-state index in [4.69, 9.17) is 5.73 Å². The Bertz CT molecular complexity index is 907. The number of carbonyl (C=O) groups is 1. The van der Waals surface area contributed by atoms with Crippen LogP contribution in [0.3, 0.4) is 0 Å². The fourth-order valence-corrected chi connectivity index (χ4v) is 3.45. The van der Waals surface area contributed by atoms with Crippen molar-refractivity contribution < 1.29 is 4.79 Å². The fraction of sp³-hybridized carbons (Fsp3) is 0.263. The molecule has 2 heterocycles. The summed E-state index contributed by atoms with van der Waals surface area (Å²) < 4.78 is 1.98. The van der Waals surface area contributed by atoms with E-state index in [0.29, 0.717) is 16.9 Å². The van der Waals surface area contributed by atoms with Gasteiger partial charge in [-0.1, -0.05) is 43.8 Å². The Morgan fingerprint density at radius 1 is 1.12 bits per heavy atom. The number of nitrogens with two attached hydrogens (primary N) is 1. The lowest BCUT2D eigenvalue weighted by molar-refractivity contribution is -0.117. The highest BCUT2D eigenvalue weighted by molar-refractivity contribution is 8.00. The van der Waals surface area contributed by atoms with Crippen LogP contribution in [0.25, 0.3) is 17.1 Å². The van der Waals surface area contributed by atoms with Gasteiger partial charge >= 0.3 is 0 Å². The standard InChI is InChI=1S/C19H21N5OS/c1-12(2)15-8-4-5-9-16(15)24-18(14-7-6-10-21-11-14)22-23-19(24)26-13(3)17(20)25/h4-13H,1-3H3,(H2,20,25)/t13-/m1/s1. The normalized spacial score (nSPS) is 12.3. The molecule has 2 N–H and O–H groups in total. The van der Waals surface area contributed by atoms with Crippen molar-refractivity contribution in [3.63, 3.8) is 0 Å². The maximum Gasteiger partial charge on any atom is 0.230 e. The van der Waals surface area contributed by atoms with Gasteiger partial charge in [0, 0.05) is 18.0 Å². The van der Waals surface area contributed by atoms with E-state index in [1.807, 2.05) is 34.9 Å². The predicted octanol–water partition coefficient (Wildman–Crippen LogP) is 3.42. The molecule has 1 amide bonds. The number of pyridine rings is 1. The van der Waals surface area contributed by atoms with Crippen molar-refractivity contribution >= 4 is 17.7 Å². The summed E-state index contributed by atoms with van der Waals surface area (Å²) in [5.74, 6) is 0.622. The average Bonchev–Trinajstić information content (AvgIpc) is 3.05. The molecule has 3 rings (SSSR count). The number of para-hydroxylation sites is 1. The third-order valence-electron chi connectivity index (χ3n) is 4.04. The summed E-state index contributed by atoms with van der Waals surface area (Å²) in [5.41, 5.74) is 8.46. The molecule has 0 spiro atoms. The van der Waals surface area contributed by atoms with Gasteiger partial charge in [0.1, 0.15) is 0 Å². The molecular formula is C19H21N5OS. The molecule has 1 aromatic carbocycles. The number of benzene rings is 1. The van der Waals surface area contributed by atoms with E-state index in [9.17, 15) is 4.79 Å². The molecule has 0 bridgehead atoms. The second-order valence-corrected chi connectivity index (χ2v) is 7.57. The van der Waals surface area contributed by atoms with E-state index < -0.39 is 5.25 Å². The molecular weight excluding hydrogens is 346 g/mol. The maximum absolute atomic E-state index is 11.5. The minimum atomic E-state index is -0.411. The Morgan fingerprint density at radius 3 is 2.54 bits per heavy atom. The van der Waals surface area contributed by atoms with E-state index >= 15 is 0 Å². The summed E-state index contributed by atoms with van der Waals surface area (Å²) >= 11 is 1.30. The molecule has 134 valence electrons. The molecule has 2 aromatic heterocycles. The first-order valence-corrected chi connectivity index (χ1v) is 9.28. The van der Waals surface area contributed by atoms with Gasteiger partial charge in [0.05, 0.1) is 10.9 Å². The first-order valence-electron chi connectivity index (χ1n) is 8.40. The molecule has 0 unspecified atom stereocenters. The summed E-state index contributed by atoms with van der Waals surface area (Å²) in [7, 11) is 0. The summed E-state index contributed by atoms with van der Waals surface area (Å²) in [4.78, 5) is 15.7. The third-order valence-corrected chi connectivity index (χ3v) is 5.10. The lowest BCUT2D eigenvalue weighted by Gasteiger charge is -2.17. The summed E-state index contributed by atoms with van der Waals surface area (Å²) in [6, 6.07) is 11.9. The van der Waals surface area contributed by atoms with Crippen LogP contribution >= 0.6 is 11.8 Å². The maximum atomic E-state index is 11.5. The van der Waals surface area contributed by atoms with Gasteiger partial charge in [-0.05, 0) is 36.6 Å². The van der Waals surface area contributed by atoms with Crippen molar-refractivity contribution in [2.75, 3.05) is 0 Å². The lowest BCUT2D eigenvalue weighted by Crippen LogP contribution is -2.23. The Hall–Kier alpha value is -2.67. The first kappa shape index (κ1) is 18.1. The van der Waals surface area contributed by atoms with Gasteiger partial charge in [-0.25, -0.2) is 0 Å². The first-order chi connectivity index (χ1) is 12.5. The Labute approximate surface area is 156 Å². The van der Waals surface area contributed by atoms with Crippen LogP contribution in [0, 0.1) is 0 Å². The van der Waals surface area contributed by atoms with Crippen LogP contribution in [0.4, 0.5) is 0 Å². The molecule has 0 fully saturated rings. The van der Waals surface area contributed by atoms with E-state index in [1.54, 1.807) is 19.3 Å². The largest absolute Gasteiger partial charge is 0.369 e. The molecule has 0 saturated heterocycles. The Kier molecular flexibility index (Phi) is 5.37. The predicted molar refractivity (Wildman–Crippen MR) is 103 cm³/mol. The molecule has 6 nitrogen and oxygen atoms in total. The van der Waals surface area contributed by atoms with E-state index in [2.05, 4.69) is 35.1 Å². The van der Waals surface area contributed by atoms with Crippen LogP contribution < -0.4 is 5.73 Å². The van der Waals surface area contributed by atoms with Crippen molar-refractivity contribution in [1.29, 1.82) is 0 Å². The molecule has 0 radical (unpaired) electrons. The zero-order chi connectivity index (χ0) is 18.7. The van der Waals surface area contributed by atoms with Crippen molar-refractivity contribution in [2.24, 2.45) is 5.73 Å². The van der Waals surface area contributed by atoms with Gasteiger partial charge in [-0.15, -0.1) is 10.2 Å². The van der Waals surface area contributed by atoms with Crippen LogP contribution in [0.15, 0.2) is 53.9 Å². The van der Waals surface area contributed by atoms with Crippen molar-refractivity contribution in [3.8, 4) is 17.1 Å². The number of nitrogens with zero attached hydrogens (tertiary/aromatic N) is 4. The molecule has 3 aromatic rings. The number of primary amides is 1. The average molecular weight is 367 g/mol. The lowest BCUT2D eigenvalue weighted by atomic mass is 10.0. The fourth-order valence-electron chi connectivity index (χ4n) is 2.64. The molecule has 7 heteroatoms. The van der Waals surface area contributed by atoms with Crippen LogP contribution in [0.5, 0.6) is 0 Å². The van der Waals surface area contributed by atoms with Gasteiger partial charge in [-0.2, -0.15) is 0 Å². The van der Waals surface area contributed by atoms with Crippen molar-refractivity contribution in [2.45, 2.75) is 37.1 Å². The van der Waals surface area contributed by atoms with E-state index in [-0.39, 0.29) is 5.91 Å². The van der Waals surface area contributed by atoms with Crippen molar-refractivity contribution in [3.05, 3.63) is 54.4 Å². The summed E-state index contributed by atoms with van der Waals surface area (Å²) in [5, 5.41) is 8.92. The van der Waals surface area contributed by atoms with Crippen LogP contribution in [0.2, 0.25) is 0 Å². The molecule has 0 saturated carbocycles. The highest BCUT2D eigenvalue weighted by atomic mass is 32.2. The minimum absolute atomic E-state index is 0.321. The highest BCUT2D eigenvalue weighted by Crippen LogP contribution is 2.33. The van der Waals surface area contributed by atoms with Gasteiger partial charge < -0.3 is 5.73 Å². The Morgan fingerprint density at radius 2 is 1.88 bits per heavy atom. The minimum Gasteiger partial charge on any atom is -0.369 e. The smallest absolute Gasteiger partial charge is 0.230 e. The molecule has 0 aliphatic rings. The number of thioether (sulfide) groups is 1. The van der Waals surface area contributed by atoms with Crippen LogP contribution in [-0.4, -0.2) is 30.9 Å². The molecule has 1 atom stereocenters. The highest BCUT2D eigenvalue weighted by Gasteiger charge is 2.22. The summed E-state index contributed by atoms with van der Waals surface area (Å²) in [6.07, 6.45) is 3.47. The molecule has 0 aliphatic carbocycles. The SMILES string of the molecule is CC(C)c1ccccc1-n1c(S[C@H](C)C(N)=O)nnc1-c1cccnc1. The Balaban J connectivity index is 2.20. The number of amides is 1. The zero-order valence-corrected chi connectivity index (χ0v) is 15.8. The van der Waals surface area contributed by atoms with Gasteiger partial charge in [0.15, 0.2) is 11.0 Å². The number of aromatic nitrogens is 4. The van der Waals surface area contributed by atoms with E-state index in [0.717, 1.165) is 11.3 Å². The summed E-state index contributed by atoms with van der Waals surface area (Å²) in [6.45, 7) is 6.06. The molecule has 0 aliphatic heterocycles. The van der Waals surface area contributed by atoms with Crippen LogP contribution in [-0.2, 0) is 4.79 Å². The quantitative estimate of drug-likeness (QED) is 0.675. The molecule has 26 heavy (non-hydrogen) atoms. The van der Waals surface area contributed by atoms with E-state index in [1.165, 1.54) is 17.3 Å². The van der Waals surface area contributed by atoms with Gasteiger partial charge in [0.2, 0.25) is 5.91 Å².